The summed E-state index contributed by atoms with van der Waals surface area (Å²) in [7, 11) is 0. The highest BCUT2D eigenvalue weighted by atomic mass is 14.6. The molecule has 0 amide bonds. The summed E-state index contributed by atoms with van der Waals surface area (Å²) >= 11 is 0. The van der Waals surface area contributed by atoms with E-state index in [1.54, 1.807) is 0 Å². The van der Waals surface area contributed by atoms with Gasteiger partial charge in [0.05, 0.1) is 0 Å². The summed E-state index contributed by atoms with van der Waals surface area (Å²) in [6, 6.07) is 16.6. The second-order valence-corrected chi connectivity index (χ2v) is 5.39. The summed E-state index contributed by atoms with van der Waals surface area (Å²) in [5.74, 6) is 0. The minimum Gasteiger partial charge on any atom is -0.398 e. The molecule has 88 valence electrons. The summed E-state index contributed by atoms with van der Waals surface area (Å²) in [6.07, 6.45) is 0. The number of rotatable bonds is 1. The van der Waals surface area contributed by atoms with Gasteiger partial charge >= 0.3 is 0 Å². The van der Waals surface area contributed by atoms with Crippen LogP contribution in [-0.4, -0.2) is 0 Å². The third kappa shape index (κ3) is 2.33. The molecular formula is C16H19N. The fraction of sp³-hybridized carbons (Fsp3) is 0.250. The molecule has 0 aromatic heterocycles. The average molecular weight is 225 g/mol. The van der Waals surface area contributed by atoms with Crippen LogP contribution in [0.4, 0.5) is 5.69 Å². The first-order valence-electron chi connectivity index (χ1n) is 5.94. The topological polar surface area (TPSA) is 26.0 Å². The van der Waals surface area contributed by atoms with E-state index in [-0.39, 0.29) is 5.41 Å². The molecule has 0 radical (unpaired) electrons. The third-order valence-corrected chi connectivity index (χ3v) is 2.93. The lowest BCUT2D eigenvalue weighted by molar-refractivity contribution is 0.594. The van der Waals surface area contributed by atoms with Crippen LogP contribution in [0, 0.1) is 0 Å². The standard InChI is InChI=1S/C16H19N/c1-16(2,3)15-13(10-7-11-14(15)17)12-8-5-4-6-9-12/h4-11H,17H2,1-3H3. The van der Waals surface area contributed by atoms with E-state index in [1.807, 2.05) is 18.2 Å². The van der Waals surface area contributed by atoms with Crippen molar-refractivity contribution in [3.63, 3.8) is 0 Å². The first-order valence-corrected chi connectivity index (χ1v) is 5.94. The molecule has 1 heteroatoms. The SMILES string of the molecule is CC(C)(C)c1c(N)cccc1-c1ccccc1. The second-order valence-electron chi connectivity index (χ2n) is 5.39. The lowest BCUT2D eigenvalue weighted by atomic mass is 9.81. The lowest BCUT2D eigenvalue weighted by Gasteiger charge is -2.25. The van der Waals surface area contributed by atoms with Crippen molar-refractivity contribution in [2.45, 2.75) is 26.2 Å². The molecule has 0 spiro atoms. The predicted octanol–water partition coefficient (Wildman–Crippen LogP) is 4.23. The highest BCUT2D eigenvalue weighted by Crippen LogP contribution is 2.36. The van der Waals surface area contributed by atoms with Crippen molar-refractivity contribution >= 4 is 5.69 Å². The maximum Gasteiger partial charge on any atom is 0.0358 e. The molecular weight excluding hydrogens is 206 g/mol. The van der Waals surface area contributed by atoms with E-state index in [4.69, 9.17) is 5.73 Å². The van der Waals surface area contributed by atoms with Gasteiger partial charge in [0.15, 0.2) is 0 Å². The number of nitrogens with two attached hydrogens (primary N) is 1. The molecule has 0 saturated heterocycles. The van der Waals surface area contributed by atoms with E-state index in [0.717, 1.165) is 5.69 Å². The van der Waals surface area contributed by atoms with Gasteiger partial charge in [0.2, 0.25) is 0 Å². The molecule has 0 bridgehead atoms. The van der Waals surface area contributed by atoms with E-state index < -0.39 is 0 Å². The van der Waals surface area contributed by atoms with Crippen LogP contribution in [0.5, 0.6) is 0 Å². The zero-order valence-corrected chi connectivity index (χ0v) is 10.7. The van der Waals surface area contributed by atoms with Crippen molar-refractivity contribution in [2.24, 2.45) is 0 Å². The molecule has 1 nitrogen and oxygen atoms in total. The molecule has 2 aromatic carbocycles. The Balaban J connectivity index is 2.67. The molecule has 0 fully saturated rings. The van der Waals surface area contributed by atoms with Crippen LogP contribution in [0.3, 0.4) is 0 Å². The number of benzene rings is 2. The Morgan fingerprint density at radius 3 is 2.06 bits per heavy atom. The zero-order valence-electron chi connectivity index (χ0n) is 10.7. The highest BCUT2D eigenvalue weighted by Gasteiger charge is 2.21. The maximum atomic E-state index is 6.14. The van der Waals surface area contributed by atoms with Crippen LogP contribution in [0.1, 0.15) is 26.3 Å². The maximum absolute atomic E-state index is 6.14. The van der Waals surface area contributed by atoms with Gasteiger partial charge in [-0.3, -0.25) is 0 Å². The molecule has 0 heterocycles. The van der Waals surface area contributed by atoms with Crippen molar-refractivity contribution in [3.05, 3.63) is 54.1 Å². The Morgan fingerprint density at radius 2 is 1.47 bits per heavy atom. The van der Waals surface area contributed by atoms with Crippen molar-refractivity contribution in [1.82, 2.24) is 0 Å². The molecule has 17 heavy (non-hydrogen) atoms. The molecule has 2 rings (SSSR count). The first-order chi connectivity index (χ1) is 8.00. The Bertz CT molecular complexity index is 507. The fourth-order valence-electron chi connectivity index (χ4n) is 2.27. The average Bonchev–Trinajstić information content (AvgIpc) is 2.28. The highest BCUT2D eigenvalue weighted by molar-refractivity contribution is 5.74. The lowest BCUT2D eigenvalue weighted by Crippen LogP contribution is -2.15. The molecule has 0 aliphatic carbocycles. The van der Waals surface area contributed by atoms with Crippen LogP contribution in [-0.2, 0) is 5.41 Å². The minimum atomic E-state index is 0.0521. The summed E-state index contributed by atoms with van der Waals surface area (Å²) in [5, 5.41) is 0. The van der Waals surface area contributed by atoms with E-state index in [0.29, 0.717) is 0 Å². The molecule has 0 aliphatic rings. The van der Waals surface area contributed by atoms with E-state index in [9.17, 15) is 0 Å². The monoisotopic (exact) mass is 225 g/mol. The smallest absolute Gasteiger partial charge is 0.0358 e. The number of nitrogen functional groups attached to an aromatic ring is 1. The van der Waals surface area contributed by atoms with Gasteiger partial charge in [0, 0.05) is 5.69 Å². The Kier molecular flexibility index (Phi) is 2.93. The van der Waals surface area contributed by atoms with Crippen LogP contribution < -0.4 is 5.73 Å². The third-order valence-electron chi connectivity index (χ3n) is 2.93. The zero-order chi connectivity index (χ0) is 12.5. The van der Waals surface area contributed by atoms with Crippen molar-refractivity contribution in [3.8, 4) is 11.1 Å². The molecule has 0 aliphatic heterocycles. The summed E-state index contributed by atoms with van der Waals surface area (Å²) < 4.78 is 0. The molecule has 2 aromatic rings. The Hall–Kier alpha value is -1.76. The van der Waals surface area contributed by atoms with Gasteiger partial charge in [-0.2, -0.15) is 0 Å². The van der Waals surface area contributed by atoms with Gasteiger partial charge in [0.1, 0.15) is 0 Å². The molecule has 0 atom stereocenters. The van der Waals surface area contributed by atoms with Crippen LogP contribution in [0.15, 0.2) is 48.5 Å². The normalized spacial score (nSPS) is 11.5. The second kappa shape index (κ2) is 4.25. The first kappa shape index (κ1) is 11.7. The number of anilines is 1. The minimum absolute atomic E-state index is 0.0521. The van der Waals surface area contributed by atoms with Crippen LogP contribution in [0.25, 0.3) is 11.1 Å². The van der Waals surface area contributed by atoms with Crippen molar-refractivity contribution in [2.75, 3.05) is 5.73 Å². The molecule has 2 N–H and O–H groups in total. The molecule has 0 saturated carbocycles. The fourth-order valence-corrected chi connectivity index (χ4v) is 2.27. The predicted molar refractivity (Wildman–Crippen MR) is 75.0 cm³/mol. The van der Waals surface area contributed by atoms with E-state index in [2.05, 4.69) is 51.1 Å². The van der Waals surface area contributed by atoms with Gasteiger partial charge < -0.3 is 5.73 Å². The quantitative estimate of drug-likeness (QED) is 0.722. The Labute approximate surface area is 103 Å². The number of hydrogen-bond acceptors (Lipinski definition) is 1. The largest absolute Gasteiger partial charge is 0.398 e. The summed E-state index contributed by atoms with van der Waals surface area (Å²) in [6.45, 7) is 6.60. The van der Waals surface area contributed by atoms with Crippen molar-refractivity contribution < 1.29 is 0 Å². The van der Waals surface area contributed by atoms with Gasteiger partial charge in [-0.1, -0.05) is 63.2 Å². The van der Waals surface area contributed by atoms with E-state index >= 15 is 0 Å². The van der Waals surface area contributed by atoms with Gasteiger partial charge in [-0.15, -0.1) is 0 Å². The van der Waals surface area contributed by atoms with Crippen LogP contribution >= 0.6 is 0 Å². The van der Waals surface area contributed by atoms with Gasteiger partial charge in [-0.25, -0.2) is 0 Å². The summed E-state index contributed by atoms with van der Waals surface area (Å²) in [5.41, 5.74) is 10.8. The van der Waals surface area contributed by atoms with Gasteiger partial charge in [-0.05, 0) is 28.2 Å². The summed E-state index contributed by atoms with van der Waals surface area (Å²) in [4.78, 5) is 0. The Morgan fingerprint density at radius 1 is 0.824 bits per heavy atom. The van der Waals surface area contributed by atoms with Crippen LogP contribution in [0.2, 0.25) is 0 Å². The van der Waals surface area contributed by atoms with Gasteiger partial charge in [0.25, 0.3) is 0 Å². The molecule has 0 unspecified atom stereocenters. The van der Waals surface area contributed by atoms with Crippen molar-refractivity contribution in [1.29, 1.82) is 0 Å². The van der Waals surface area contributed by atoms with E-state index in [1.165, 1.54) is 16.7 Å². The number of hydrogen-bond donors (Lipinski definition) is 1.